The van der Waals surface area contributed by atoms with E-state index < -0.39 is 68.6 Å². The molecular formula is C9H3F12IO4. The smallest absolute Gasteiger partial charge is 0.464 e. The van der Waals surface area contributed by atoms with E-state index in [1.54, 1.807) is 0 Å². The molecule has 0 spiro atoms. The third-order valence-corrected chi connectivity index (χ3v) is 3.08. The van der Waals surface area contributed by atoms with E-state index >= 15 is 0 Å². The van der Waals surface area contributed by atoms with Gasteiger partial charge in [-0.1, -0.05) is 0 Å². The van der Waals surface area contributed by atoms with Crippen molar-refractivity contribution in [3.05, 3.63) is 12.1 Å². The van der Waals surface area contributed by atoms with Crippen molar-refractivity contribution in [1.29, 1.82) is 0 Å². The molecule has 0 saturated carbocycles. The Hall–Kier alpha value is -1.14. The van der Waals surface area contributed by atoms with Gasteiger partial charge in [0, 0.05) is 22.6 Å². The quantitative estimate of drug-likeness (QED) is 0.157. The van der Waals surface area contributed by atoms with E-state index in [1.807, 2.05) is 0 Å². The predicted molar refractivity (Wildman–Crippen MR) is 62.2 cm³/mol. The molecule has 0 rings (SSSR count). The van der Waals surface area contributed by atoms with Gasteiger partial charge in [0.15, 0.2) is 0 Å². The number of hydrogen-bond donors (Lipinski definition) is 0. The van der Waals surface area contributed by atoms with Crippen LogP contribution in [0.3, 0.4) is 0 Å². The highest BCUT2D eigenvalue weighted by atomic mass is 127. The summed E-state index contributed by atoms with van der Waals surface area (Å²) in [6.07, 6.45) is -17.8. The summed E-state index contributed by atoms with van der Waals surface area (Å²) in [5, 5.41) is 0. The van der Waals surface area contributed by atoms with Gasteiger partial charge < -0.3 is 9.47 Å². The maximum atomic E-state index is 13.7. The molecule has 154 valence electrons. The van der Waals surface area contributed by atoms with E-state index in [4.69, 9.17) is 0 Å². The maximum Gasteiger partial charge on any atom is 0.471 e. The van der Waals surface area contributed by atoms with E-state index in [1.165, 1.54) is 0 Å². The lowest BCUT2D eigenvalue weighted by Crippen LogP contribution is -2.63. The van der Waals surface area contributed by atoms with Crippen LogP contribution in [-0.4, -0.2) is 41.0 Å². The van der Waals surface area contributed by atoms with Gasteiger partial charge in [-0.15, -0.1) is 0 Å². The van der Waals surface area contributed by atoms with Crippen LogP contribution in [0.5, 0.6) is 0 Å². The number of carbonyl (C=O) groups excluding carboxylic acids is 1. The number of rotatable bonds is 7. The van der Waals surface area contributed by atoms with Crippen LogP contribution in [0.4, 0.5) is 52.7 Å². The zero-order chi connectivity index (χ0) is 21.4. The Morgan fingerprint density at radius 2 is 1.31 bits per heavy atom. The molecule has 0 aromatic heterocycles. The molecule has 26 heavy (non-hydrogen) atoms. The Morgan fingerprint density at radius 3 is 1.62 bits per heavy atom. The molecule has 2 unspecified atom stereocenters. The molecule has 0 N–H and O–H groups in total. The highest BCUT2D eigenvalue weighted by molar-refractivity contribution is 14.1. The average Bonchev–Trinajstić information content (AvgIpc) is 2.43. The zero-order valence-electron chi connectivity index (χ0n) is 11.5. The van der Waals surface area contributed by atoms with Gasteiger partial charge in [0.1, 0.15) is 0 Å². The highest BCUT2D eigenvalue weighted by Crippen LogP contribution is 2.54. The summed E-state index contributed by atoms with van der Waals surface area (Å²) in [6, 6.07) is -3.75. The molecule has 0 aliphatic heterocycles. The Bertz CT molecular complexity index is 570. The van der Waals surface area contributed by atoms with Crippen molar-refractivity contribution in [2.75, 3.05) is 7.11 Å². The van der Waals surface area contributed by atoms with Crippen LogP contribution in [0, 0.1) is 0 Å². The van der Waals surface area contributed by atoms with Crippen LogP contribution < -0.4 is 0 Å². The summed E-state index contributed by atoms with van der Waals surface area (Å²) in [5.74, 6) is -15.8. The van der Waals surface area contributed by atoms with Crippen molar-refractivity contribution in [3.8, 4) is 0 Å². The fourth-order valence-corrected chi connectivity index (χ4v) is 1.51. The Morgan fingerprint density at radius 1 is 0.885 bits per heavy atom. The van der Waals surface area contributed by atoms with Crippen LogP contribution in [0.1, 0.15) is 0 Å². The van der Waals surface area contributed by atoms with Crippen LogP contribution in [-0.2, 0) is 19.0 Å². The minimum Gasteiger partial charge on any atom is -0.464 e. The van der Waals surface area contributed by atoms with Crippen molar-refractivity contribution in [1.82, 2.24) is 0 Å². The summed E-state index contributed by atoms with van der Waals surface area (Å²) in [4.78, 5) is 10.6. The third kappa shape index (κ3) is 4.58. The lowest BCUT2D eigenvalue weighted by molar-refractivity contribution is -0.479. The van der Waals surface area contributed by atoms with Crippen molar-refractivity contribution in [2.24, 2.45) is 0 Å². The summed E-state index contributed by atoms with van der Waals surface area (Å²) in [6.45, 7) is 0. The Balaban J connectivity index is 6.22. The van der Waals surface area contributed by atoms with E-state index in [9.17, 15) is 57.5 Å². The highest BCUT2D eigenvalue weighted by Gasteiger charge is 2.81. The van der Waals surface area contributed by atoms with Gasteiger partial charge in [-0.05, 0) is 0 Å². The van der Waals surface area contributed by atoms with Crippen LogP contribution in [0.25, 0.3) is 0 Å². The van der Waals surface area contributed by atoms with E-state index in [0.29, 0.717) is 0 Å². The first kappa shape index (κ1) is 24.9. The number of ether oxygens (including phenoxy) is 3. The van der Waals surface area contributed by atoms with Gasteiger partial charge in [-0.2, -0.15) is 52.7 Å². The molecule has 0 aliphatic rings. The molecule has 0 heterocycles. The van der Waals surface area contributed by atoms with Crippen molar-refractivity contribution < 1.29 is 71.7 Å². The summed E-state index contributed by atoms with van der Waals surface area (Å²) >= 11 is -0.513. The van der Waals surface area contributed by atoms with Crippen LogP contribution >= 0.6 is 22.6 Å². The lowest BCUT2D eigenvalue weighted by Gasteiger charge is -2.37. The second kappa shape index (κ2) is 7.47. The zero-order valence-corrected chi connectivity index (χ0v) is 13.7. The molecule has 0 aromatic carbocycles. The second-order valence-corrected chi connectivity index (χ2v) is 5.32. The van der Waals surface area contributed by atoms with E-state index in [2.05, 4.69) is 14.2 Å². The monoisotopic (exact) mass is 530 g/mol. The van der Waals surface area contributed by atoms with Gasteiger partial charge in [-0.3, -0.25) is 4.74 Å². The number of hydrogen-bond acceptors (Lipinski definition) is 4. The van der Waals surface area contributed by atoms with Gasteiger partial charge in [0.25, 0.3) is 0 Å². The second-order valence-electron chi connectivity index (χ2n) is 3.93. The normalized spacial score (nSPS) is 17.8. The number of halogens is 13. The first-order chi connectivity index (χ1) is 11.3. The van der Waals surface area contributed by atoms with E-state index in [-0.39, 0.29) is 7.11 Å². The van der Waals surface area contributed by atoms with Crippen molar-refractivity contribution in [3.63, 3.8) is 0 Å². The van der Waals surface area contributed by atoms with Crippen molar-refractivity contribution in [2.45, 2.75) is 27.9 Å². The number of methoxy groups -OCH3 is 1. The van der Waals surface area contributed by atoms with Crippen LogP contribution in [0.15, 0.2) is 12.1 Å². The maximum absolute atomic E-state index is 13.7. The molecule has 0 aliphatic carbocycles. The van der Waals surface area contributed by atoms with Gasteiger partial charge >= 0.3 is 46.0 Å². The molecule has 0 saturated heterocycles. The fourth-order valence-electron chi connectivity index (χ4n) is 0.987. The SMILES string of the molecule is COC(=O)C(F)(F)C(F)(I)OC(F)(C(F)(F)F)C(F)(F)OC(F)=C(F)F. The largest absolute Gasteiger partial charge is 0.471 e. The minimum absolute atomic E-state index is 0.164. The van der Waals surface area contributed by atoms with E-state index in [0.717, 1.165) is 0 Å². The Kier molecular flexibility index (Phi) is 7.14. The van der Waals surface area contributed by atoms with Gasteiger partial charge in [0.2, 0.25) is 0 Å². The average molecular weight is 530 g/mol. The van der Waals surface area contributed by atoms with Crippen molar-refractivity contribution >= 4 is 28.6 Å². The molecule has 0 aromatic rings. The summed E-state index contributed by atoms with van der Waals surface area (Å²) in [5.41, 5.74) is 0. The predicted octanol–water partition coefficient (Wildman–Crippen LogP) is 4.74. The molecule has 4 nitrogen and oxygen atoms in total. The molecule has 0 bridgehead atoms. The van der Waals surface area contributed by atoms with Gasteiger partial charge in [-0.25, -0.2) is 4.79 Å². The first-order valence-electron chi connectivity index (χ1n) is 5.34. The third-order valence-electron chi connectivity index (χ3n) is 2.18. The summed E-state index contributed by atoms with van der Waals surface area (Å²) in [7, 11) is 0.164. The van der Waals surface area contributed by atoms with Crippen LogP contribution in [0.2, 0.25) is 0 Å². The standard InChI is InChI=1S/C9H3F12IO4/c1-24-4(23)5(13,14)9(21,22)26-6(15,7(16,17)18)8(19,20)25-3(12)2(10)11/h1H3. The molecule has 0 fully saturated rings. The lowest BCUT2D eigenvalue weighted by atomic mass is 10.2. The number of carbonyl (C=O) groups is 1. The topological polar surface area (TPSA) is 44.8 Å². The molecular weight excluding hydrogens is 527 g/mol. The minimum atomic E-state index is -7.15. The fraction of sp³-hybridized carbons (Fsp3) is 0.667. The Labute approximate surface area is 148 Å². The molecule has 0 radical (unpaired) electrons. The molecule has 2 atom stereocenters. The number of esters is 1. The number of alkyl halides is 10. The first-order valence-corrected chi connectivity index (χ1v) is 6.42. The van der Waals surface area contributed by atoms with Gasteiger partial charge in [0.05, 0.1) is 7.11 Å². The summed E-state index contributed by atoms with van der Waals surface area (Å²) < 4.78 is 156. The molecule has 17 heteroatoms. The molecule has 0 amide bonds.